The Hall–Kier alpha value is -1.12. The molecule has 0 spiro atoms. The van der Waals surface area contributed by atoms with Gasteiger partial charge in [-0.05, 0) is 30.7 Å². The van der Waals surface area contributed by atoms with Crippen molar-refractivity contribution >= 4 is 5.69 Å². The summed E-state index contributed by atoms with van der Waals surface area (Å²) in [5.41, 5.74) is 0.967. The van der Waals surface area contributed by atoms with Crippen molar-refractivity contribution in [3.63, 3.8) is 0 Å². The molecule has 0 N–H and O–H groups in total. The highest BCUT2D eigenvalue weighted by molar-refractivity contribution is 5.45. The first-order valence-corrected chi connectivity index (χ1v) is 6.03. The number of aromatic nitrogens is 1. The minimum atomic E-state index is -0.386. The summed E-state index contributed by atoms with van der Waals surface area (Å²) in [5.74, 6) is 1.20. The van der Waals surface area contributed by atoms with Crippen molar-refractivity contribution in [1.29, 1.82) is 0 Å². The van der Waals surface area contributed by atoms with Crippen molar-refractivity contribution < 1.29 is 4.39 Å². The standard InChI is InChI=1S/C13H19FN2/c1-10(2)11-4-7-16(8-5-11)12-3-6-15-13(14)9-12/h3,6,9-11H,4-5,7-8H2,1-2H3. The van der Waals surface area contributed by atoms with Gasteiger partial charge in [0.1, 0.15) is 0 Å². The Kier molecular flexibility index (Phi) is 3.42. The van der Waals surface area contributed by atoms with Gasteiger partial charge in [-0.25, -0.2) is 4.98 Å². The van der Waals surface area contributed by atoms with E-state index in [4.69, 9.17) is 0 Å². The van der Waals surface area contributed by atoms with Crippen LogP contribution in [0.1, 0.15) is 26.7 Å². The molecule has 0 saturated carbocycles. The topological polar surface area (TPSA) is 16.1 Å². The number of pyridine rings is 1. The van der Waals surface area contributed by atoms with Crippen molar-refractivity contribution in [1.82, 2.24) is 4.98 Å². The maximum Gasteiger partial charge on any atom is 0.214 e. The third-order valence-corrected chi connectivity index (χ3v) is 3.56. The smallest absolute Gasteiger partial charge is 0.214 e. The van der Waals surface area contributed by atoms with E-state index >= 15 is 0 Å². The second kappa shape index (κ2) is 4.81. The lowest BCUT2D eigenvalue weighted by atomic mass is 9.86. The summed E-state index contributed by atoms with van der Waals surface area (Å²) in [4.78, 5) is 5.84. The van der Waals surface area contributed by atoms with Crippen LogP contribution in [0.15, 0.2) is 18.3 Å². The summed E-state index contributed by atoms with van der Waals surface area (Å²) in [6, 6.07) is 3.41. The Morgan fingerprint density at radius 2 is 2.06 bits per heavy atom. The molecule has 0 aromatic carbocycles. The van der Waals surface area contributed by atoms with Crippen LogP contribution in [-0.4, -0.2) is 18.1 Å². The largest absolute Gasteiger partial charge is 0.371 e. The predicted octanol–water partition coefficient (Wildman–Crippen LogP) is 3.09. The van der Waals surface area contributed by atoms with E-state index in [0.717, 1.165) is 30.6 Å². The number of halogens is 1. The molecular formula is C13H19FN2. The van der Waals surface area contributed by atoms with Crippen LogP contribution >= 0.6 is 0 Å². The third-order valence-electron chi connectivity index (χ3n) is 3.56. The van der Waals surface area contributed by atoms with Crippen molar-refractivity contribution in [2.75, 3.05) is 18.0 Å². The van der Waals surface area contributed by atoms with Gasteiger partial charge in [0.15, 0.2) is 0 Å². The summed E-state index contributed by atoms with van der Waals surface area (Å²) < 4.78 is 13.0. The van der Waals surface area contributed by atoms with E-state index in [-0.39, 0.29) is 5.95 Å². The van der Waals surface area contributed by atoms with E-state index in [1.807, 2.05) is 6.07 Å². The first-order valence-electron chi connectivity index (χ1n) is 6.03. The Morgan fingerprint density at radius 3 is 2.62 bits per heavy atom. The van der Waals surface area contributed by atoms with E-state index in [1.165, 1.54) is 18.9 Å². The Bertz CT molecular complexity index is 344. The molecule has 0 aliphatic carbocycles. The molecular weight excluding hydrogens is 203 g/mol. The lowest BCUT2D eigenvalue weighted by molar-refractivity contribution is 0.311. The molecule has 2 heterocycles. The fourth-order valence-corrected chi connectivity index (χ4v) is 2.41. The first kappa shape index (κ1) is 11.4. The van der Waals surface area contributed by atoms with Gasteiger partial charge in [0.05, 0.1) is 0 Å². The van der Waals surface area contributed by atoms with Crippen molar-refractivity contribution in [3.8, 4) is 0 Å². The molecule has 0 unspecified atom stereocenters. The van der Waals surface area contributed by atoms with Crippen LogP contribution in [0.4, 0.5) is 10.1 Å². The molecule has 1 aliphatic rings. The van der Waals surface area contributed by atoms with Crippen molar-refractivity contribution in [2.24, 2.45) is 11.8 Å². The normalized spacial score (nSPS) is 18.1. The average Bonchev–Trinajstić information content (AvgIpc) is 2.29. The fraction of sp³-hybridized carbons (Fsp3) is 0.615. The maximum atomic E-state index is 13.0. The highest BCUT2D eigenvalue weighted by Gasteiger charge is 2.21. The van der Waals surface area contributed by atoms with Gasteiger partial charge < -0.3 is 4.90 Å². The molecule has 2 nitrogen and oxygen atoms in total. The first-order chi connectivity index (χ1) is 7.66. The van der Waals surface area contributed by atoms with Gasteiger partial charge in [-0.3, -0.25) is 0 Å². The molecule has 88 valence electrons. The average molecular weight is 222 g/mol. The summed E-state index contributed by atoms with van der Waals surface area (Å²) in [6.07, 6.45) is 3.96. The van der Waals surface area contributed by atoms with Gasteiger partial charge in [-0.1, -0.05) is 13.8 Å². The Morgan fingerprint density at radius 1 is 1.38 bits per heavy atom. The second-order valence-corrected chi connectivity index (χ2v) is 4.91. The lowest BCUT2D eigenvalue weighted by Crippen LogP contribution is -2.35. The molecule has 0 amide bonds. The molecule has 0 bridgehead atoms. The van der Waals surface area contributed by atoms with Crippen LogP contribution in [0.3, 0.4) is 0 Å². The number of piperidine rings is 1. The second-order valence-electron chi connectivity index (χ2n) is 4.91. The van der Waals surface area contributed by atoms with Gasteiger partial charge >= 0.3 is 0 Å². The molecule has 1 aromatic heterocycles. The van der Waals surface area contributed by atoms with Crippen LogP contribution in [-0.2, 0) is 0 Å². The van der Waals surface area contributed by atoms with Crippen molar-refractivity contribution in [3.05, 3.63) is 24.3 Å². The molecule has 0 radical (unpaired) electrons. The van der Waals surface area contributed by atoms with Gasteiger partial charge in [-0.15, -0.1) is 0 Å². The molecule has 1 fully saturated rings. The SMILES string of the molecule is CC(C)C1CCN(c2ccnc(F)c2)CC1. The minimum absolute atomic E-state index is 0.386. The zero-order chi connectivity index (χ0) is 11.5. The highest BCUT2D eigenvalue weighted by Crippen LogP contribution is 2.27. The maximum absolute atomic E-state index is 13.0. The van der Waals surface area contributed by atoms with Crippen LogP contribution in [0.25, 0.3) is 0 Å². The minimum Gasteiger partial charge on any atom is -0.371 e. The molecule has 1 aromatic rings. The van der Waals surface area contributed by atoms with Crippen LogP contribution in [0.2, 0.25) is 0 Å². The van der Waals surface area contributed by atoms with E-state index in [1.54, 1.807) is 6.20 Å². The molecule has 3 heteroatoms. The van der Waals surface area contributed by atoms with E-state index in [9.17, 15) is 4.39 Å². The quantitative estimate of drug-likeness (QED) is 0.715. The summed E-state index contributed by atoms with van der Waals surface area (Å²) >= 11 is 0. The predicted molar refractivity (Wildman–Crippen MR) is 64.0 cm³/mol. The monoisotopic (exact) mass is 222 g/mol. The lowest BCUT2D eigenvalue weighted by Gasteiger charge is -2.35. The Labute approximate surface area is 96.5 Å². The zero-order valence-corrected chi connectivity index (χ0v) is 9.99. The fourth-order valence-electron chi connectivity index (χ4n) is 2.41. The summed E-state index contributed by atoms with van der Waals surface area (Å²) in [7, 11) is 0. The van der Waals surface area contributed by atoms with Gasteiger partial charge in [-0.2, -0.15) is 4.39 Å². The number of nitrogens with zero attached hydrogens (tertiary/aromatic N) is 2. The van der Waals surface area contributed by atoms with E-state index in [2.05, 4.69) is 23.7 Å². The van der Waals surface area contributed by atoms with Crippen LogP contribution in [0.5, 0.6) is 0 Å². The summed E-state index contributed by atoms with van der Waals surface area (Å²) in [6.45, 7) is 6.64. The number of anilines is 1. The number of hydrogen-bond donors (Lipinski definition) is 0. The van der Waals surface area contributed by atoms with Gasteiger partial charge in [0, 0.05) is 31.0 Å². The number of hydrogen-bond acceptors (Lipinski definition) is 2. The number of rotatable bonds is 2. The molecule has 0 atom stereocenters. The van der Waals surface area contributed by atoms with E-state index in [0.29, 0.717) is 0 Å². The third kappa shape index (κ3) is 2.52. The zero-order valence-electron chi connectivity index (χ0n) is 9.99. The highest BCUT2D eigenvalue weighted by atomic mass is 19.1. The Balaban J connectivity index is 1.99. The van der Waals surface area contributed by atoms with Crippen LogP contribution in [0, 0.1) is 17.8 Å². The van der Waals surface area contributed by atoms with Crippen LogP contribution < -0.4 is 4.90 Å². The van der Waals surface area contributed by atoms with E-state index < -0.39 is 0 Å². The molecule has 2 rings (SSSR count). The van der Waals surface area contributed by atoms with Crippen molar-refractivity contribution in [2.45, 2.75) is 26.7 Å². The summed E-state index contributed by atoms with van der Waals surface area (Å²) in [5, 5.41) is 0. The van der Waals surface area contributed by atoms with Gasteiger partial charge in [0.25, 0.3) is 0 Å². The molecule has 1 saturated heterocycles. The molecule has 1 aliphatic heterocycles. The van der Waals surface area contributed by atoms with Gasteiger partial charge in [0.2, 0.25) is 5.95 Å². The molecule has 16 heavy (non-hydrogen) atoms.